The zero-order valence-corrected chi connectivity index (χ0v) is 7.89. The van der Waals surface area contributed by atoms with E-state index < -0.39 is 0 Å². The predicted molar refractivity (Wildman–Crippen MR) is 55.0 cm³/mol. The van der Waals surface area contributed by atoms with Gasteiger partial charge in [-0.25, -0.2) is 5.01 Å². The van der Waals surface area contributed by atoms with E-state index in [9.17, 15) is 4.79 Å². The van der Waals surface area contributed by atoms with Gasteiger partial charge in [-0.1, -0.05) is 30.3 Å². The molecule has 0 radical (unpaired) electrons. The molecule has 72 valence electrons. The molecule has 0 N–H and O–H groups in total. The molecule has 1 aliphatic rings. The van der Waals surface area contributed by atoms with Gasteiger partial charge >= 0.3 is 0 Å². The summed E-state index contributed by atoms with van der Waals surface area (Å²) < 4.78 is 0. The van der Waals surface area contributed by atoms with Crippen LogP contribution in [0.5, 0.6) is 0 Å². The van der Waals surface area contributed by atoms with Gasteiger partial charge in [-0.2, -0.15) is 5.10 Å². The lowest BCUT2D eigenvalue weighted by atomic mass is 10.1. The van der Waals surface area contributed by atoms with Gasteiger partial charge in [-0.05, 0) is 5.56 Å². The van der Waals surface area contributed by atoms with Gasteiger partial charge in [0.05, 0.1) is 6.42 Å². The molecule has 1 aromatic carbocycles. The molecular weight excluding hydrogens is 176 g/mol. The van der Waals surface area contributed by atoms with Crippen LogP contribution in [0.2, 0.25) is 0 Å². The Morgan fingerprint density at radius 2 is 2.14 bits per heavy atom. The molecule has 1 aliphatic heterocycles. The second kappa shape index (κ2) is 4.05. The van der Waals surface area contributed by atoms with E-state index in [1.807, 2.05) is 30.3 Å². The first-order chi connectivity index (χ1) is 6.86. The minimum atomic E-state index is 0.0740. The van der Waals surface area contributed by atoms with Crippen LogP contribution in [0.3, 0.4) is 0 Å². The fraction of sp³-hybridized carbons (Fsp3) is 0.273. The maximum Gasteiger partial charge on any atom is 0.247 e. The molecule has 0 aliphatic carbocycles. The molecule has 0 aromatic heterocycles. The van der Waals surface area contributed by atoms with E-state index in [1.165, 1.54) is 5.01 Å². The lowest BCUT2D eigenvalue weighted by Gasteiger charge is -2.10. The summed E-state index contributed by atoms with van der Waals surface area (Å²) in [5.74, 6) is 0.0740. The number of benzene rings is 1. The fourth-order valence-corrected chi connectivity index (χ4v) is 1.44. The Kier molecular flexibility index (Phi) is 2.58. The van der Waals surface area contributed by atoms with Gasteiger partial charge in [0.2, 0.25) is 5.91 Å². The van der Waals surface area contributed by atoms with Crippen molar-refractivity contribution in [3.63, 3.8) is 0 Å². The van der Waals surface area contributed by atoms with Crippen LogP contribution in [0.1, 0.15) is 12.0 Å². The molecule has 0 fully saturated rings. The van der Waals surface area contributed by atoms with E-state index in [1.54, 1.807) is 6.21 Å². The van der Waals surface area contributed by atoms with Crippen molar-refractivity contribution in [1.29, 1.82) is 0 Å². The maximum absolute atomic E-state index is 11.6. The van der Waals surface area contributed by atoms with Gasteiger partial charge in [0, 0.05) is 19.2 Å². The Hall–Kier alpha value is -1.64. The molecule has 2 rings (SSSR count). The highest BCUT2D eigenvalue weighted by molar-refractivity contribution is 5.80. The molecule has 0 unspecified atom stereocenters. The molecule has 0 atom stereocenters. The Labute approximate surface area is 83.0 Å². The van der Waals surface area contributed by atoms with Crippen molar-refractivity contribution in [2.45, 2.75) is 12.8 Å². The molecule has 0 saturated carbocycles. The predicted octanol–water partition coefficient (Wildman–Crippen LogP) is 1.45. The highest BCUT2D eigenvalue weighted by Crippen LogP contribution is 2.06. The minimum Gasteiger partial charge on any atom is -0.273 e. The van der Waals surface area contributed by atoms with Gasteiger partial charge < -0.3 is 0 Å². The molecule has 0 bridgehead atoms. The minimum absolute atomic E-state index is 0.0740. The van der Waals surface area contributed by atoms with Gasteiger partial charge in [0.1, 0.15) is 0 Å². The number of hydrogen-bond donors (Lipinski definition) is 0. The van der Waals surface area contributed by atoms with Crippen LogP contribution in [0, 0.1) is 0 Å². The van der Waals surface area contributed by atoms with E-state index in [-0.39, 0.29) is 5.91 Å². The van der Waals surface area contributed by atoms with Crippen molar-refractivity contribution in [1.82, 2.24) is 5.01 Å². The number of amides is 1. The molecule has 1 heterocycles. The average molecular weight is 188 g/mol. The Morgan fingerprint density at radius 3 is 2.79 bits per heavy atom. The average Bonchev–Trinajstić information content (AvgIpc) is 2.72. The molecule has 3 heteroatoms. The normalized spacial score (nSPS) is 14.7. The first kappa shape index (κ1) is 8.94. The van der Waals surface area contributed by atoms with Crippen molar-refractivity contribution in [3.05, 3.63) is 35.9 Å². The first-order valence-electron chi connectivity index (χ1n) is 4.73. The Balaban J connectivity index is 1.98. The van der Waals surface area contributed by atoms with Crippen molar-refractivity contribution in [2.75, 3.05) is 6.54 Å². The highest BCUT2D eigenvalue weighted by Gasteiger charge is 2.14. The summed E-state index contributed by atoms with van der Waals surface area (Å²) in [4.78, 5) is 11.6. The van der Waals surface area contributed by atoms with Crippen molar-refractivity contribution < 1.29 is 4.79 Å². The summed E-state index contributed by atoms with van der Waals surface area (Å²) in [6, 6.07) is 9.74. The maximum atomic E-state index is 11.6. The van der Waals surface area contributed by atoms with Crippen molar-refractivity contribution in [2.24, 2.45) is 5.10 Å². The fourth-order valence-electron chi connectivity index (χ4n) is 1.44. The van der Waals surface area contributed by atoms with E-state index in [0.717, 1.165) is 18.5 Å². The second-order valence-electron chi connectivity index (χ2n) is 3.27. The van der Waals surface area contributed by atoms with Crippen LogP contribution in [0.15, 0.2) is 35.4 Å². The molecule has 0 spiro atoms. The number of nitrogens with zero attached hydrogens (tertiary/aromatic N) is 2. The van der Waals surface area contributed by atoms with Crippen molar-refractivity contribution >= 4 is 12.1 Å². The third-order valence-corrected chi connectivity index (χ3v) is 2.18. The molecule has 1 amide bonds. The van der Waals surface area contributed by atoms with Gasteiger partial charge in [0.15, 0.2) is 0 Å². The molecule has 3 nitrogen and oxygen atoms in total. The summed E-state index contributed by atoms with van der Waals surface area (Å²) in [5, 5.41) is 5.53. The standard InChI is InChI=1S/C11H12N2O/c14-11(13-8-4-7-12-13)9-10-5-2-1-3-6-10/h1-3,5-7H,4,8-9H2. The summed E-state index contributed by atoms with van der Waals surface area (Å²) in [5.41, 5.74) is 1.04. The quantitative estimate of drug-likeness (QED) is 0.691. The monoisotopic (exact) mass is 188 g/mol. The zero-order chi connectivity index (χ0) is 9.80. The second-order valence-corrected chi connectivity index (χ2v) is 3.27. The van der Waals surface area contributed by atoms with Crippen LogP contribution in [-0.4, -0.2) is 23.7 Å². The number of hydrazone groups is 1. The highest BCUT2D eigenvalue weighted by atomic mass is 16.2. The number of rotatable bonds is 2. The van der Waals surface area contributed by atoms with Crippen molar-refractivity contribution in [3.8, 4) is 0 Å². The van der Waals surface area contributed by atoms with E-state index in [0.29, 0.717) is 6.42 Å². The largest absolute Gasteiger partial charge is 0.273 e. The summed E-state index contributed by atoms with van der Waals surface area (Å²) >= 11 is 0. The van der Waals surface area contributed by atoms with Gasteiger partial charge in [-0.15, -0.1) is 0 Å². The number of carbonyl (C=O) groups is 1. The summed E-state index contributed by atoms with van der Waals surface area (Å²) in [7, 11) is 0. The summed E-state index contributed by atoms with van der Waals surface area (Å²) in [6.07, 6.45) is 3.10. The van der Waals surface area contributed by atoms with Crippen LogP contribution in [0.25, 0.3) is 0 Å². The van der Waals surface area contributed by atoms with Crippen LogP contribution < -0.4 is 0 Å². The van der Waals surface area contributed by atoms with Crippen LogP contribution in [-0.2, 0) is 11.2 Å². The van der Waals surface area contributed by atoms with E-state index in [2.05, 4.69) is 5.10 Å². The smallest absolute Gasteiger partial charge is 0.247 e. The van der Waals surface area contributed by atoms with Gasteiger partial charge in [-0.3, -0.25) is 4.79 Å². The third-order valence-electron chi connectivity index (χ3n) is 2.18. The summed E-state index contributed by atoms with van der Waals surface area (Å²) in [6.45, 7) is 0.728. The SMILES string of the molecule is O=C(Cc1ccccc1)N1CCC=N1. The molecule has 1 aromatic rings. The van der Waals surface area contributed by atoms with Crippen LogP contribution in [0.4, 0.5) is 0 Å². The number of carbonyl (C=O) groups excluding carboxylic acids is 1. The first-order valence-corrected chi connectivity index (χ1v) is 4.73. The van der Waals surface area contributed by atoms with E-state index in [4.69, 9.17) is 0 Å². The third kappa shape index (κ3) is 1.99. The Bertz CT molecular complexity index is 346. The van der Waals surface area contributed by atoms with Crippen LogP contribution >= 0.6 is 0 Å². The zero-order valence-electron chi connectivity index (χ0n) is 7.89. The molecular formula is C11H12N2O. The number of hydrogen-bond acceptors (Lipinski definition) is 2. The molecule has 0 saturated heterocycles. The topological polar surface area (TPSA) is 32.7 Å². The van der Waals surface area contributed by atoms with E-state index >= 15 is 0 Å². The van der Waals surface area contributed by atoms with Gasteiger partial charge in [0.25, 0.3) is 0 Å². The lowest BCUT2D eigenvalue weighted by Crippen LogP contribution is -2.25. The lowest BCUT2D eigenvalue weighted by molar-refractivity contribution is -0.130. The Morgan fingerprint density at radius 1 is 1.36 bits per heavy atom. The molecule has 14 heavy (non-hydrogen) atoms.